The number of rotatable bonds is 10. The molecule has 0 amide bonds. The summed E-state index contributed by atoms with van der Waals surface area (Å²) in [7, 11) is 1.60. The molecule has 0 aliphatic carbocycles. The average molecular weight is 291 g/mol. The van der Waals surface area contributed by atoms with Gasteiger partial charge in [-0.3, -0.25) is 4.57 Å². The number of aliphatic hydroxyl groups excluding tert-OH is 1. The molecular formula is C11H21N3O4S. The summed E-state index contributed by atoms with van der Waals surface area (Å²) in [6.07, 6.45) is 0.263. The number of ether oxygens (including phenoxy) is 2. The molecule has 0 fully saturated rings. The predicted molar refractivity (Wildman–Crippen MR) is 72.6 cm³/mol. The van der Waals surface area contributed by atoms with Crippen LogP contribution in [0.1, 0.15) is 13.3 Å². The monoisotopic (exact) mass is 291 g/mol. The van der Waals surface area contributed by atoms with Crippen molar-refractivity contribution in [2.45, 2.75) is 31.1 Å². The molecule has 0 bridgehead atoms. The Hall–Kier alpha value is -0.830. The van der Waals surface area contributed by atoms with E-state index in [0.29, 0.717) is 30.7 Å². The second-order valence-electron chi connectivity index (χ2n) is 4.00. The molecule has 1 aromatic heterocycles. The van der Waals surface area contributed by atoms with Gasteiger partial charge in [0.25, 0.3) is 0 Å². The highest BCUT2D eigenvalue weighted by Gasteiger charge is 2.11. The van der Waals surface area contributed by atoms with Gasteiger partial charge >= 0.3 is 5.69 Å². The minimum absolute atomic E-state index is 0.213. The molecule has 2 N–H and O–H groups in total. The Balaban J connectivity index is 2.33. The van der Waals surface area contributed by atoms with Crippen molar-refractivity contribution < 1.29 is 14.6 Å². The third-order valence-corrected chi connectivity index (χ3v) is 3.44. The molecule has 19 heavy (non-hydrogen) atoms. The Morgan fingerprint density at radius 1 is 1.53 bits per heavy atom. The topological polar surface area (TPSA) is 89.4 Å². The molecule has 1 heterocycles. The highest BCUT2D eigenvalue weighted by atomic mass is 32.2. The Bertz CT molecular complexity index is 407. The highest BCUT2D eigenvalue weighted by molar-refractivity contribution is 7.99. The molecular weight excluding hydrogens is 270 g/mol. The van der Waals surface area contributed by atoms with Crippen LogP contribution in [0.3, 0.4) is 0 Å². The summed E-state index contributed by atoms with van der Waals surface area (Å²) in [5.74, 6) is 0.432. The van der Waals surface area contributed by atoms with E-state index in [9.17, 15) is 9.90 Å². The maximum absolute atomic E-state index is 11.4. The van der Waals surface area contributed by atoms with Crippen molar-refractivity contribution in [2.75, 3.05) is 32.7 Å². The minimum Gasteiger partial charge on any atom is -0.390 e. The molecule has 110 valence electrons. The molecule has 1 unspecified atom stereocenters. The van der Waals surface area contributed by atoms with E-state index >= 15 is 0 Å². The molecule has 0 aliphatic rings. The Labute approximate surface area is 116 Å². The maximum atomic E-state index is 11.4. The first-order chi connectivity index (χ1) is 9.19. The number of nitrogens with zero attached hydrogens (tertiary/aromatic N) is 2. The van der Waals surface area contributed by atoms with Gasteiger partial charge in [-0.2, -0.15) is 0 Å². The number of methoxy groups -OCH3 is 1. The molecule has 0 radical (unpaired) electrons. The first kappa shape index (κ1) is 16.2. The highest BCUT2D eigenvalue weighted by Crippen LogP contribution is 2.14. The van der Waals surface area contributed by atoms with Gasteiger partial charge in [-0.05, 0) is 6.42 Å². The second-order valence-corrected chi connectivity index (χ2v) is 4.98. The van der Waals surface area contributed by atoms with Gasteiger partial charge in [-0.25, -0.2) is 9.89 Å². The van der Waals surface area contributed by atoms with Crippen LogP contribution < -0.4 is 5.69 Å². The normalized spacial score (nSPS) is 12.8. The quantitative estimate of drug-likeness (QED) is 0.469. The van der Waals surface area contributed by atoms with Crippen LogP contribution in [0.25, 0.3) is 0 Å². The van der Waals surface area contributed by atoms with Crippen LogP contribution in [0.15, 0.2) is 9.95 Å². The zero-order valence-electron chi connectivity index (χ0n) is 11.3. The average Bonchev–Trinajstić information content (AvgIpc) is 2.74. The van der Waals surface area contributed by atoms with E-state index in [4.69, 9.17) is 9.47 Å². The van der Waals surface area contributed by atoms with Crippen LogP contribution in [0.2, 0.25) is 0 Å². The fourth-order valence-electron chi connectivity index (χ4n) is 1.41. The van der Waals surface area contributed by atoms with Gasteiger partial charge in [0, 0.05) is 19.4 Å². The van der Waals surface area contributed by atoms with Crippen LogP contribution in [0, 0.1) is 0 Å². The molecule has 1 aromatic rings. The third kappa shape index (κ3) is 5.77. The first-order valence-electron chi connectivity index (χ1n) is 6.21. The van der Waals surface area contributed by atoms with Crippen LogP contribution in [0.5, 0.6) is 0 Å². The molecule has 8 heteroatoms. The predicted octanol–water partition coefficient (Wildman–Crippen LogP) is 0.0974. The lowest BCUT2D eigenvalue weighted by Crippen LogP contribution is -2.21. The van der Waals surface area contributed by atoms with E-state index in [1.165, 1.54) is 11.8 Å². The molecule has 0 saturated heterocycles. The van der Waals surface area contributed by atoms with Crippen molar-refractivity contribution in [3.63, 3.8) is 0 Å². The van der Waals surface area contributed by atoms with Gasteiger partial charge < -0.3 is 14.6 Å². The molecule has 1 atom stereocenters. The molecule has 0 aliphatic heterocycles. The van der Waals surface area contributed by atoms with Gasteiger partial charge in [0.15, 0.2) is 5.16 Å². The fourth-order valence-corrected chi connectivity index (χ4v) is 2.29. The first-order valence-corrected chi connectivity index (χ1v) is 7.20. The summed E-state index contributed by atoms with van der Waals surface area (Å²) in [4.78, 5) is 11.4. The number of hydrogen-bond donors (Lipinski definition) is 2. The Morgan fingerprint density at radius 2 is 2.32 bits per heavy atom. The van der Waals surface area contributed by atoms with Crippen LogP contribution in [-0.2, 0) is 16.0 Å². The number of aromatic amines is 1. The van der Waals surface area contributed by atoms with E-state index < -0.39 is 6.10 Å². The van der Waals surface area contributed by atoms with Gasteiger partial charge in [-0.1, -0.05) is 18.7 Å². The summed E-state index contributed by atoms with van der Waals surface area (Å²) in [6.45, 7) is 3.83. The molecule has 0 saturated carbocycles. The van der Waals surface area contributed by atoms with E-state index in [2.05, 4.69) is 10.2 Å². The van der Waals surface area contributed by atoms with Gasteiger partial charge in [-0.15, -0.1) is 5.10 Å². The molecule has 7 nitrogen and oxygen atoms in total. The largest absolute Gasteiger partial charge is 0.390 e. The van der Waals surface area contributed by atoms with Crippen molar-refractivity contribution in [1.29, 1.82) is 0 Å². The number of aromatic nitrogens is 3. The fraction of sp³-hybridized carbons (Fsp3) is 0.818. The third-order valence-electron chi connectivity index (χ3n) is 2.32. The van der Waals surface area contributed by atoms with Crippen molar-refractivity contribution in [3.05, 3.63) is 10.5 Å². The van der Waals surface area contributed by atoms with Gasteiger partial charge in [0.2, 0.25) is 0 Å². The van der Waals surface area contributed by atoms with Gasteiger partial charge in [0.05, 0.1) is 25.9 Å². The molecule has 1 rings (SSSR count). The van der Waals surface area contributed by atoms with Gasteiger partial charge in [0.1, 0.15) is 0 Å². The number of nitrogens with one attached hydrogen (secondary N) is 1. The number of hydrogen-bond acceptors (Lipinski definition) is 6. The van der Waals surface area contributed by atoms with Crippen molar-refractivity contribution in [1.82, 2.24) is 14.8 Å². The lowest BCUT2D eigenvalue weighted by Gasteiger charge is -2.10. The second kappa shape index (κ2) is 9.13. The summed E-state index contributed by atoms with van der Waals surface area (Å²) in [5.41, 5.74) is -0.213. The van der Waals surface area contributed by atoms with Crippen LogP contribution in [-0.4, -0.2) is 58.7 Å². The zero-order chi connectivity index (χ0) is 14.1. The summed E-state index contributed by atoms with van der Waals surface area (Å²) >= 11 is 1.34. The zero-order valence-corrected chi connectivity index (χ0v) is 12.1. The van der Waals surface area contributed by atoms with E-state index in [1.54, 1.807) is 11.7 Å². The van der Waals surface area contributed by atoms with Crippen molar-refractivity contribution in [3.8, 4) is 0 Å². The number of aliphatic hydroxyl groups is 1. The lowest BCUT2D eigenvalue weighted by atomic mass is 10.4. The van der Waals surface area contributed by atoms with E-state index in [-0.39, 0.29) is 12.3 Å². The standard InChI is InChI=1S/C11H21N3O4S/c1-3-4-14-10(16)12-13-11(14)19-8-9(15)7-18-6-5-17-2/h9,15H,3-8H2,1-2H3,(H,12,16). The lowest BCUT2D eigenvalue weighted by molar-refractivity contribution is 0.0218. The van der Waals surface area contributed by atoms with E-state index in [1.807, 2.05) is 6.92 Å². The summed E-state index contributed by atoms with van der Waals surface area (Å²) < 4.78 is 11.6. The maximum Gasteiger partial charge on any atom is 0.343 e. The molecule has 0 spiro atoms. The number of H-pyrrole nitrogens is 1. The van der Waals surface area contributed by atoms with E-state index in [0.717, 1.165) is 6.42 Å². The number of thioether (sulfide) groups is 1. The summed E-state index contributed by atoms with van der Waals surface area (Å²) in [5, 5.41) is 16.7. The Kier molecular flexibility index (Phi) is 7.80. The Morgan fingerprint density at radius 3 is 3.00 bits per heavy atom. The SMILES string of the molecule is CCCn1c(SCC(O)COCCOC)n[nH]c1=O. The van der Waals surface area contributed by atoms with Crippen LogP contribution in [0.4, 0.5) is 0 Å². The smallest absolute Gasteiger partial charge is 0.343 e. The molecule has 0 aromatic carbocycles. The summed E-state index contributed by atoms with van der Waals surface area (Å²) in [6, 6.07) is 0. The minimum atomic E-state index is -0.594. The van der Waals surface area contributed by atoms with Crippen molar-refractivity contribution in [2.24, 2.45) is 0 Å². The van der Waals surface area contributed by atoms with Crippen LogP contribution >= 0.6 is 11.8 Å². The van der Waals surface area contributed by atoms with Crippen molar-refractivity contribution >= 4 is 11.8 Å².